The van der Waals surface area contributed by atoms with Gasteiger partial charge in [0.1, 0.15) is 6.33 Å². The van der Waals surface area contributed by atoms with Gasteiger partial charge in [0.2, 0.25) is 16.0 Å². The van der Waals surface area contributed by atoms with Crippen molar-refractivity contribution >= 4 is 26.7 Å². The van der Waals surface area contributed by atoms with Gasteiger partial charge in [-0.15, -0.1) is 0 Å². The van der Waals surface area contributed by atoms with Gasteiger partial charge in [0.05, 0.1) is 17.9 Å². The Hall–Kier alpha value is -4.69. The number of hydrogen-bond acceptors (Lipinski definition) is 8. The van der Waals surface area contributed by atoms with E-state index in [9.17, 15) is 8.42 Å². The number of hydrogen-bond donors (Lipinski definition) is 1. The molecule has 0 aliphatic carbocycles. The van der Waals surface area contributed by atoms with E-state index in [1.807, 2.05) is 42.5 Å². The van der Waals surface area contributed by atoms with Crippen molar-refractivity contribution in [2.45, 2.75) is 0 Å². The Kier molecular flexibility index (Phi) is 5.19. The Morgan fingerprint density at radius 1 is 0.882 bits per heavy atom. The summed E-state index contributed by atoms with van der Waals surface area (Å²) in [6.45, 7) is 0. The van der Waals surface area contributed by atoms with Crippen LogP contribution in [0.25, 0.3) is 39.5 Å². The zero-order valence-electron chi connectivity index (χ0n) is 17.8. The molecule has 166 valence electrons. The molecule has 11 heteroatoms. The number of benzene rings is 3. The molecule has 0 aliphatic heterocycles. The van der Waals surface area contributed by atoms with Gasteiger partial charge in [0.25, 0.3) is 5.95 Å². The number of anilines is 1. The normalized spacial score (nSPS) is 11.3. The van der Waals surface area contributed by atoms with E-state index in [4.69, 9.17) is 5.26 Å². The van der Waals surface area contributed by atoms with Gasteiger partial charge in [-0.05, 0) is 41.1 Å². The highest BCUT2D eigenvalue weighted by Gasteiger charge is 2.17. The van der Waals surface area contributed by atoms with E-state index in [0.717, 1.165) is 22.6 Å². The minimum Gasteiger partial charge on any atom is -0.251 e. The van der Waals surface area contributed by atoms with Crippen molar-refractivity contribution in [2.24, 2.45) is 0 Å². The van der Waals surface area contributed by atoms with E-state index in [2.05, 4.69) is 35.8 Å². The van der Waals surface area contributed by atoms with Gasteiger partial charge in [-0.3, -0.25) is 4.72 Å². The van der Waals surface area contributed by atoms with Crippen molar-refractivity contribution in [3.05, 3.63) is 78.6 Å². The van der Waals surface area contributed by atoms with Gasteiger partial charge in [0.15, 0.2) is 11.6 Å². The van der Waals surface area contributed by atoms with Gasteiger partial charge in [-0.1, -0.05) is 36.4 Å². The largest absolute Gasteiger partial charge is 0.257 e. The fraction of sp³-hybridized carbons (Fsp3) is 0.0435. The topological polar surface area (TPSA) is 139 Å². The molecule has 1 N–H and O–H groups in total. The maximum Gasteiger partial charge on any atom is 0.257 e. The fourth-order valence-corrected chi connectivity index (χ4v) is 3.83. The van der Waals surface area contributed by atoms with Gasteiger partial charge in [-0.25, -0.2) is 13.4 Å². The SMILES string of the molecule is CS(=O)(=O)Nc1ncnn1-c1nc(-c2ccc(C#N)cc2)nc(-c2ccc3ccccc3c2)n1. The zero-order valence-corrected chi connectivity index (χ0v) is 18.6. The Morgan fingerprint density at radius 2 is 1.56 bits per heavy atom. The summed E-state index contributed by atoms with van der Waals surface area (Å²) in [6, 6.07) is 22.7. The summed E-state index contributed by atoms with van der Waals surface area (Å²) in [4.78, 5) is 17.7. The molecule has 5 aromatic rings. The summed E-state index contributed by atoms with van der Waals surface area (Å²) in [5, 5.41) is 15.3. The first-order chi connectivity index (χ1) is 16.4. The van der Waals surface area contributed by atoms with Gasteiger partial charge in [0, 0.05) is 11.1 Å². The molecule has 0 atom stereocenters. The van der Waals surface area contributed by atoms with E-state index in [1.54, 1.807) is 24.3 Å². The van der Waals surface area contributed by atoms with Crippen LogP contribution < -0.4 is 4.72 Å². The lowest BCUT2D eigenvalue weighted by atomic mass is 10.1. The number of aromatic nitrogens is 6. The highest BCUT2D eigenvalue weighted by Crippen LogP contribution is 2.25. The van der Waals surface area contributed by atoms with E-state index >= 15 is 0 Å². The lowest BCUT2D eigenvalue weighted by Gasteiger charge is -2.10. The molecule has 0 unspecified atom stereocenters. The van der Waals surface area contributed by atoms with E-state index in [0.29, 0.717) is 22.8 Å². The van der Waals surface area contributed by atoms with Crippen LogP contribution in [0.5, 0.6) is 0 Å². The van der Waals surface area contributed by atoms with Crippen LogP contribution in [0.3, 0.4) is 0 Å². The molecule has 0 aliphatic rings. The highest BCUT2D eigenvalue weighted by molar-refractivity contribution is 7.92. The lowest BCUT2D eigenvalue weighted by Crippen LogP contribution is -2.16. The van der Waals surface area contributed by atoms with Gasteiger partial charge >= 0.3 is 0 Å². The van der Waals surface area contributed by atoms with Crippen LogP contribution in [-0.2, 0) is 10.0 Å². The smallest absolute Gasteiger partial charge is 0.251 e. The lowest BCUT2D eigenvalue weighted by molar-refractivity contribution is 0.606. The molecule has 2 heterocycles. The summed E-state index contributed by atoms with van der Waals surface area (Å²) in [7, 11) is -3.61. The number of nitrogens with zero attached hydrogens (tertiary/aromatic N) is 7. The second-order valence-electron chi connectivity index (χ2n) is 7.40. The molecule has 0 fully saturated rings. The predicted octanol–water partition coefficient (Wildman–Crippen LogP) is 3.18. The Labute approximate surface area is 194 Å². The summed E-state index contributed by atoms with van der Waals surface area (Å²) in [5.74, 6) is 0.736. The van der Waals surface area contributed by atoms with Crippen LogP contribution in [0.1, 0.15) is 5.56 Å². The maximum atomic E-state index is 11.8. The standard InChI is InChI=1S/C23H16N8O2S/c1-34(32,33)30-22-25-14-26-31(22)23-28-20(17-8-6-15(13-24)7-9-17)27-21(29-23)19-11-10-16-4-2-3-5-18(16)12-19/h2-12,14H,1H3,(H,25,26,30). The molecule has 0 radical (unpaired) electrons. The van der Waals surface area contributed by atoms with E-state index in [1.165, 1.54) is 11.0 Å². The minimum atomic E-state index is -3.61. The molecule has 0 bridgehead atoms. The molecule has 10 nitrogen and oxygen atoms in total. The van der Waals surface area contributed by atoms with Gasteiger partial charge in [-0.2, -0.15) is 30.0 Å². The third kappa shape index (κ3) is 4.30. The molecule has 2 aromatic heterocycles. The number of sulfonamides is 1. The molecule has 34 heavy (non-hydrogen) atoms. The summed E-state index contributed by atoms with van der Waals surface area (Å²) >= 11 is 0. The van der Waals surface area contributed by atoms with E-state index in [-0.39, 0.29) is 11.9 Å². The first-order valence-corrected chi connectivity index (χ1v) is 11.9. The van der Waals surface area contributed by atoms with Crippen LogP contribution in [0, 0.1) is 11.3 Å². The van der Waals surface area contributed by atoms with Crippen molar-refractivity contribution in [3.63, 3.8) is 0 Å². The van der Waals surface area contributed by atoms with Crippen LogP contribution in [0.4, 0.5) is 5.95 Å². The zero-order chi connectivity index (χ0) is 23.7. The van der Waals surface area contributed by atoms with Crippen LogP contribution in [0.2, 0.25) is 0 Å². The molecule has 0 saturated carbocycles. The second kappa shape index (κ2) is 8.34. The molecular formula is C23H16N8O2S. The molecular weight excluding hydrogens is 452 g/mol. The Balaban J connectivity index is 1.70. The first-order valence-electron chi connectivity index (χ1n) is 10.0. The van der Waals surface area contributed by atoms with Crippen LogP contribution in [0.15, 0.2) is 73.1 Å². The Morgan fingerprint density at radius 3 is 2.26 bits per heavy atom. The number of fused-ring (bicyclic) bond motifs is 1. The van der Waals surface area contributed by atoms with Crippen molar-refractivity contribution in [1.29, 1.82) is 5.26 Å². The molecule has 0 saturated heterocycles. The summed E-state index contributed by atoms with van der Waals surface area (Å²) in [5.41, 5.74) is 1.90. The fourth-order valence-electron chi connectivity index (χ4n) is 3.36. The Bertz CT molecular complexity index is 1670. The summed E-state index contributed by atoms with van der Waals surface area (Å²) in [6.07, 6.45) is 2.22. The third-order valence-corrected chi connectivity index (χ3v) is 5.47. The van der Waals surface area contributed by atoms with E-state index < -0.39 is 10.0 Å². The third-order valence-electron chi connectivity index (χ3n) is 4.92. The van der Waals surface area contributed by atoms with Crippen molar-refractivity contribution in [2.75, 3.05) is 11.0 Å². The first kappa shape index (κ1) is 21.2. The van der Waals surface area contributed by atoms with Crippen molar-refractivity contribution < 1.29 is 8.42 Å². The highest BCUT2D eigenvalue weighted by atomic mass is 32.2. The quantitative estimate of drug-likeness (QED) is 0.415. The average molecular weight is 469 g/mol. The molecule has 0 spiro atoms. The van der Waals surface area contributed by atoms with Gasteiger partial charge < -0.3 is 0 Å². The molecule has 0 amide bonds. The number of nitrogens with one attached hydrogen (secondary N) is 1. The van der Waals surface area contributed by atoms with Crippen LogP contribution >= 0.6 is 0 Å². The monoisotopic (exact) mass is 468 g/mol. The molecule has 5 rings (SSSR count). The minimum absolute atomic E-state index is 0.0519. The molecule has 3 aromatic carbocycles. The van der Waals surface area contributed by atoms with Crippen molar-refractivity contribution in [3.8, 4) is 34.8 Å². The summed E-state index contributed by atoms with van der Waals surface area (Å²) < 4.78 is 27.1. The van der Waals surface area contributed by atoms with Crippen LogP contribution in [-0.4, -0.2) is 44.4 Å². The maximum absolute atomic E-state index is 11.8. The predicted molar refractivity (Wildman–Crippen MR) is 126 cm³/mol. The average Bonchev–Trinajstić information content (AvgIpc) is 3.30. The number of rotatable bonds is 5. The van der Waals surface area contributed by atoms with Crippen molar-refractivity contribution in [1.82, 2.24) is 29.7 Å². The second-order valence-corrected chi connectivity index (χ2v) is 9.15. The number of nitriles is 1.